The van der Waals surface area contributed by atoms with Crippen LogP contribution in [0.15, 0.2) is 71.6 Å². The zero-order chi connectivity index (χ0) is 28.9. The maximum absolute atomic E-state index is 13.5. The van der Waals surface area contributed by atoms with E-state index in [1.54, 1.807) is 42.5 Å². The van der Waals surface area contributed by atoms with Crippen molar-refractivity contribution >= 4 is 50.0 Å². The lowest BCUT2D eigenvalue weighted by molar-refractivity contribution is -0.117. The number of rotatable bonds is 11. The quantitative estimate of drug-likeness (QED) is 0.188. The number of ether oxygens (including phenoxy) is 1. The van der Waals surface area contributed by atoms with Crippen molar-refractivity contribution in [2.24, 2.45) is 0 Å². The van der Waals surface area contributed by atoms with Crippen LogP contribution in [0.25, 0.3) is 11.0 Å². The Balaban J connectivity index is 0.00000462. The summed E-state index contributed by atoms with van der Waals surface area (Å²) in [5, 5.41) is 15.9. The highest BCUT2D eigenvalue weighted by Gasteiger charge is 2.21. The van der Waals surface area contributed by atoms with Gasteiger partial charge >= 0.3 is 0 Å². The number of amides is 1. The number of hydrogen-bond acceptors (Lipinski definition) is 9. The molecule has 0 aliphatic heterocycles. The SMILES string of the molecule is C.CCN(CC(=O)Nc1cccc(S(=O)(=O)Nc2nc3ccccc3nc2Nc2cc(O)cc(OC)c2)c1)C(C)C. The van der Waals surface area contributed by atoms with E-state index in [-0.39, 0.29) is 48.2 Å². The van der Waals surface area contributed by atoms with E-state index in [1.165, 1.54) is 31.4 Å². The minimum atomic E-state index is -4.15. The van der Waals surface area contributed by atoms with E-state index >= 15 is 0 Å². The second-order valence-corrected chi connectivity index (χ2v) is 11.0. The van der Waals surface area contributed by atoms with Crippen LogP contribution < -0.4 is 20.1 Å². The Labute approximate surface area is 240 Å². The largest absolute Gasteiger partial charge is 0.508 e. The molecular weight excluding hydrogens is 544 g/mol. The molecule has 0 fully saturated rings. The Morgan fingerprint density at radius 3 is 2.29 bits per heavy atom. The molecule has 4 rings (SSSR count). The van der Waals surface area contributed by atoms with Gasteiger partial charge in [0, 0.05) is 35.6 Å². The van der Waals surface area contributed by atoms with E-state index in [9.17, 15) is 18.3 Å². The minimum absolute atomic E-state index is 0. The third-order valence-corrected chi connectivity index (χ3v) is 7.44. The second-order valence-electron chi connectivity index (χ2n) is 9.29. The van der Waals surface area contributed by atoms with Crippen LogP contribution in [0.1, 0.15) is 28.2 Å². The van der Waals surface area contributed by atoms with Gasteiger partial charge in [0.05, 0.1) is 29.6 Å². The molecule has 1 amide bonds. The first-order chi connectivity index (χ1) is 19.1. The Kier molecular flexibility index (Phi) is 10.1. The Morgan fingerprint density at radius 1 is 0.976 bits per heavy atom. The van der Waals surface area contributed by atoms with Gasteiger partial charge in [-0.25, -0.2) is 18.4 Å². The fraction of sp³-hybridized carbons (Fsp3) is 0.276. The molecule has 0 unspecified atom stereocenters. The van der Waals surface area contributed by atoms with E-state index < -0.39 is 10.0 Å². The number of carbonyl (C=O) groups excluding carboxylic acids is 1. The van der Waals surface area contributed by atoms with Crippen LogP contribution in [-0.2, 0) is 14.8 Å². The van der Waals surface area contributed by atoms with Crippen LogP contribution in [0.3, 0.4) is 0 Å². The molecule has 4 aromatic rings. The average molecular weight is 581 g/mol. The number of para-hydroxylation sites is 2. The van der Waals surface area contributed by atoms with Gasteiger partial charge in [-0.05, 0) is 50.7 Å². The summed E-state index contributed by atoms with van der Waals surface area (Å²) >= 11 is 0. The van der Waals surface area contributed by atoms with Crippen LogP contribution in [-0.4, -0.2) is 60.5 Å². The van der Waals surface area contributed by atoms with Crippen molar-refractivity contribution in [3.63, 3.8) is 0 Å². The number of methoxy groups -OCH3 is 1. The summed E-state index contributed by atoms with van der Waals surface area (Å²) < 4.78 is 34.6. The number of benzene rings is 3. The summed E-state index contributed by atoms with van der Waals surface area (Å²) in [6, 6.07) is 17.7. The molecule has 0 aliphatic carbocycles. The van der Waals surface area contributed by atoms with E-state index in [0.717, 1.165) is 0 Å². The molecule has 0 saturated heterocycles. The molecule has 3 aromatic carbocycles. The van der Waals surface area contributed by atoms with Gasteiger partial charge in [-0.3, -0.25) is 14.4 Å². The predicted molar refractivity (Wildman–Crippen MR) is 162 cm³/mol. The first-order valence-corrected chi connectivity index (χ1v) is 14.1. The van der Waals surface area contributed by atoms with Gasteiger partial charge in [-0.2, -0.15) is 0 Å². The van der Waals surface area contributed by atoms with Gasteiger partial charge < -0.3 is 20.5 Å². The van der Waals surface area contributed by atoms with Gasteiger partial charge in [0.15, 0.2) is 11.6 Å². The highest BCUT2D eigenvalue weighted by molar-refractivity contribution is 7.92. The number of hydrogen-bond donors (Lipinski definition) is 4. The lowest BCUT2D eigenvalue weighted by atomic mass is 10.2. The first kappa shape index (κ1) is 31.1. The number of aromatic hydroxyl groups is 1. The molecule has 1 heterocycles. The van der Waals surface area contributed by atoms with Crippen molar-refractivity contribution in [3.8, 4) is 11.5 Å². The number of nitrogens with zero attached hydrogens (tertiary/aromatic N) is 3. The minimum Gasteiger partial charge on any atom is -0.508 e. The molecule has 1 aromatic heterocycles. The maximum Gasteiger partial charge on any atom is 0.263 e. The fourth-order valence-electron chi connectivity index (χ4n) is 4.04. The molecule has 0 saturated carbocycles. The van der Waals surface area contributed by atoms with E-state index in [1.807, 2.05) is 25.7 Å². The van der Waals surface area contributed by atoms with Crippen molar-refractivity contribution in [2.75, 3.05) is 35.6 Å². The molecule has 0 atom stereocenters. The van der Waals surface area contributed by atoms with Gasteiger partial charge in [-0.1, -0.05) is 32.5 Å². The molecule has 218 valence electrons. The summed E-state index contributed by atoms with van der Waals surface area (Å²) in [5.41, 5.74) is 1.77. The Morgan fingerprint density at radius 2 is 1.66 bits per heavy atom. The smallest absolute Gasteiger partial charge is 0.263 e. The standard InChI is InChI=1S/C28H32N6O5S.CH4/c1-5-34(18(2)3)17-26(36)29-19-9-8-10-23(15-19)40(37,38)33-28-27(31-24-11-6-7-12-25(24)32-28)30-20-13-21(35)16-22(14-20)39-4;/h6-16,18,35H,5,17H2,1-4H3,(H,29,36)(H,30,31)(H,32,33);1H4. The number of nitrogens with one attached hydrogen (secondary N) is 3. The molecule has 12 heteroatoms. The highest BCUT2D eigenvalue weighted by atomic mass is 32.2. The van der Waals surface area contributed by atoms with Crippen LogP contribution >= 0.6 is 0 Å². The summed E-state index contributed by atoms with van der Waals surface area (Å²) in [4.78, 5) is 23.6. The highest BCUT2D eigenvalue weighted by Crippen LogP contribution is 2.31. The molecule has 4 N–H and O–H groups in total. The maximum atomic E-state index is 13.5. The van der Waals surface area contributed by atoms with Crippen molar-refractivity contribution in [3.05, 3.63) is 66.7 Å². The number of likely N-dealkylation sites (N-methyl/N-ethyl adjacent to an activating group) is 1. The number of phenolic OH excluding ortho intramolecular Hbond substituents is 1. The lowest BCUT2D eigenvalue weighted by Gasteiger charge is -2.23. The molecule has 0 bridgehead atoms. The van der Waals surface area contributed by atoms with Crippen molar-refractivity contribution in [1.82, 2.24) is 14.9 Å². The fourth-order valence-corrected chi connectivity index (χ4v) is 5.09. The number of sulfonamides is 1. The average Bonchev–Trinajstić information content (AvgIpc) is 2.91. The van der Waals surface area contributed by atoms with Crippen LogP contribution in [0.5, 0.6) is 11.5 Å². The number of anilines is 4. The lowest BCUT2D eigenvalue weighted by Crippen LogP contribution is -2.37. The first-order valence-electron chi connectivity index (χ1n) is 12.7. The monoisotopic (exact) mass is 580 g/mol. The molecule has 0 aliphatic rings. The van der Waals surface area contributed by atoms with Crippen molar-refractivity contribution < 1.29 is 23.1 Å². The van der Waals surface area contributed by atoms with Crippen molar-refractivity contribution in [1.29, 1.82) is 0 Å². The van der Waals surface area contributed by atoms with Gasteiger partial charge in [0.25, 0.3) is 10.0 Å². The third kappa shape index (κ3) is 7.83. The number of fused-ring (bicyclic) bond motifs is 1. The molecule has 0 radical (unpaired) electrons. The Bertz CT molecular complexity index is 1630. The molecule has 41 heavy (non-hydrogen) atoms. The number of carbonyl (C=O) groups is 1. The number of phenols is 1. The molecule has 0 spiro atoms. The zero-order valence-electron chi connectivity index (χ0n) is 22.7. The topological polar surface area (TPSA) is 146 Å². The van der Waals surface area contributed by atoms with Gasteiger partial charge in [0.1, 0.15) is 11.5 Å². The summed E-state index contributed by atoms with van der Waals surface area (Å²) in [6.07, 6.45) is 0. The third-order valence-electron chi connectivity index (χ3n) is 6.10. The van der Waals surface area contributed by atoms with Crippen LogP contribution in [0.2, 0.25) is 0 Å². The zero-order valence-corrected chi connectivity index (χ0v) is 23.5. The Hall–Kier alpha value is -4.42. The molecule has 11 nitrogen and oxygen atoms in total. The van der Waals surface area contributed by atoms with Gasteiger partial charge in [0.2, 0.25) is 5.91 Å². The van der Waals surface area contributed by atoms with Crippen LogP contribution in [0.4, 0.5) is 23.0 Å². The second kappa shape index (κ2) is 13.3. The van der Waals surface area contributed by atoms with Crippen molar-refractivity contribution in [2.45, 2.75) is 39.1 Å². The van der Waals surface area contributed by atoms with Crippen LogP contribution in [0, 0.1) is 0 Å². The van der Waals surface area contributed by atoms with Gasteiger partial charge in [-0.15, -0.1) is 0 Å². The molecular formula is C29H36N6O5S. The predicted octanol–water partition coefficient (Wildman–Crippen LogP) is 5.19. The summed E-state index contributed by atoms with van der Waals surface area (Å²) in [6.45, 7) is 6.88. The number of aromatic nitrogens is 2. The summed E-state index contributed by atoms with van der Waals surface area (Å²) in [7, 11) is -2.68. The van der Waals surface area contributed by atoms with E-state index in [4.69, 9.17) is 4.74 Å². The van der Waals surface area contributed by atoms with E-state index in [0.29, 0.717) is 34.7 Å². The summed E-state index contributed by atoms with van der Waals surface area (Å²) in [5.74, 6) is 0.171. The van der Waals surface area contributed by atoms with E-state index in [2.05, 4.69) is 25.3 Å². The normalized spacial score (nSPS) is 11.3.